The van der Waals surface area contributed by atoms with Crippen molar-refractivity contribution < 1.29 is 23.8 Å². The molecule has 0 saturated carbocycles. The average molecular weight is 459 g/mol. The van der Waals surface area contributed by atoms with E-state index in [1.165, 1.54) is 0 Å². The zero-order chi connectivity index (χ0) is 22.0. The summed E-state index contributed by atoms with van der Waals surface area (Å²) in [5.41, 5.74) is 7.92. The van der Waals surface area contributed by atoms with E-state index >= 15 is 0 Å². The largest absolute Gasteiger partial charge is 0.494 e. The minimum atomic E-state index is -0.911. The Balaban J connectivity index is 0.00000289. The molecule has 2 atom stereocenters. The first-order chi connectivity index (χ1) is 15.0. The van der Waals surface area contributed by atoms with Crippen molar-refractivity contribution >= 4 is 35.3 Å². The zero-order valence-electron chi connectivity index (χ0n) is 17.8. The highest BCUT2D eigenvalue weighted by Crippen LogP contribution is 2.37. The molecule has 1 amide bonds. The number of benzene rings is 2. The lowest BCUT2D eigenvalue weighted by molar-refractivity contribution is -0.142. The first-order valence-corrected chi connectivity index (χ1v) is 10.5. The van der Waals surface area contributed by atoms with Gasteiger partial charge >= 0.3 is 5.97 Å². The van der Waals surface area contributed by atoms with Crippen molar-refractivity contribution in [3.05, 3.63) is 54.1 Å². The number of hydrogen-bond acceptors (Lipinski definition) is 5. The number of carboxylic acids is 1. The van der Waals surface area contributed by atoms with Crippen LogP contribution in [0.1, 0.15) is 30.1 Å². The number of ether oxygens (including phenoxy) is 1. The van der Waals surface area contributed by atoms with Crippen LogP contribution in [0, 0.1) is 5.92 Å². The van der Waals surface area contributed by atoms with Crippen LogP contribution >= 0.6 is 12.4 Å². The summed E-state index contributed by atoms with van der Waals surface area (Å²) in [6.45, 7) is 2.81. The monoisotopic (exact) mass is 458 g/mol. The Morgan fingerprint density at radius 1 is 1.16 bits per heavy atom. The van der Waals surface area contributed by atoms with Crippen LogP contribution in [0.25, 0.3) is 22.3 Å². The molecule has 8 heteroatoms. The highest BCUT2D eigenvalue weighted by Gasteiger charge is 2.33. The van der Waals surface area contributed by atoms with Crippen LogP contribution in [0.15, 0.2) is 52.9 Å². The summed E-state index contributed by atoms with van der Waals surface area (Å²) in [5.74, 6) is -0.741. The topological polar surface area (TPSA) is 106 Å². The van der Waals surface area contributed by atoms with Gasteiger partial charge in [-0.25, -0.2) is 0 Å². The molecule has 1 saturated heterocycles. The summed E-state index contributed by atoms with van der Waals surface area (Å²) in [6.07, 6.45) is 1.01. The quantitative estimate of drug-likeness (QED) is 0.594. The molecular formula is C24H27ClN2O5. The van der Waals surface area contributed by atoms with Gasteiger partial charge in [-0.1, -0.05) is 30.3 Å². The molecule has 4 rings (SSSR count). The second kappa shape index (κ2) is 10.1. The maximum Gasteiger partial charge on any atom is 0.308 e. The van der Waals surface area contributed by atoms with Crippen molar-refractivity contribution in [3.8, 4) is 17.1 Å². The van der Waals surface area contributed by atoms with Gasteiger partial charge in [-0.05, 0) is 38.0 Å². The molecule has 7 nitrogen and oxygen atoms in total. The van der Waals surface area contributed by atoms with Crippen LogP contribution in [0.5, 0.6) is 5.75 Å². The van der Waals surface area contributed by atoms with Gasteiger partial charge in [-0.3, -0.25) is 9.59 Å². The third-order valence-electron chi connectivity index (χ3n) is 5.64. The molecule has 32 heavy (non-hydrogen) atoms. The van der Waals surface area contributed by atoms with Crippen molar-refractivity contribution in [1.82, 2.24) is 4.90 Å². The number of hydrogen-bond donors (Lipinski definition) is 2. The van der Waals surface area contributed by atoms with Crippen molar-refractivity contribution in [2.75, 3.05) is 19.7 Å². The summed E-state index contributed by atoms with van der Waals surface area (Å²) in [5, 5.41) is 10.2. The van der Waals surface area contributed by atoms with E-state index in [9.17, 15) is 14.7 Å². The Morgan fingerprint density at radius 2 is 1.91 bits per heavy atom. The number of halogens is 1. The van der Waals surface area contributed by atoms with Crippen molar-refractivity contribution in [3.63, 3.8) is 0 Å². The number of rotatable bonds is 5. The second-order valence-electron chi connectivity index (χ2n) is 7.85. The van der Waals surface area contributed by atoms with E-state index in [1.54, 1.807) is 23.1 Å². The summed E-state index contributed by atoms with van der Waals surface area (Å²) in [7, 11) is 0. The molecule has 1 aliphatic heterocycles. The molecule has 0 bridgehead atoms. The number of aliphatic carboxylic acids is 1. The summed E-state index contributed by atoms with van der Waals surface area (Å²) in [4.78, 5) is 27.0. The Hall–Kier alpha value is -3.03. The molecular weight excluding hydrogens is 432 g/mol. The molecule has 0 unspecified atom stereocenters. The average Bonchev–Trinajstić information content (AvgIpc) is 3.02. The molecule has 0 aliphatic carbocycles. The number of likely N-dealkylation sites (tertiary alicyclic amines) is 1. The molecule has 1 aromatic heterocycles. The predicted octanol–water partition coefficient (Wildman–Crippen LogP) is 4.18. The molecule has 0 radical (unpaired) electrons. The van der Waals surface area contributed by atoms with Gasteiger partial charge in [-0.2, -0.15) is 0 Å². The Morgan fingerprint density at radius 3 is 2.59 bits per heavy atom. The third kappa shape index (κ3) is 4.74. The summed E-state index contributed by atoms with van der Waals surface area (Å²) >= 11 is 0. The number of furan rings is 1. The van der Waals surface area contributed by atoms with Crippen molar-refractivity contribution in [2.45, 2.75) is 25.8 Å². The molecule has 2 aromatic carbocycles. The number of nitrogens with two attached hydrogens (primary N) is 1. The highest BCUT2D eigenvalue weighted by molar-refractivity contribution is 6.11. The van der Waals surface area contributed by atoms with Crippen LogP contribution < -0.4 is 10.5 Å². The van der Waals surface area contributed by atoms with E-state index in [0.717, 1.165) is 5.56 Å². The standard InChI is InChI=1S/C24H26N2O5.ClH/c1-2-30-18-10-11-20-19(12-18)21(22(31-20)15-6-4-3-5-7-15)23(27)26-13-16(24(28)29)8-9-17(25)14-26;/h3-7,10-12,16-17H,2,8-9,13-14,25H2,1H3,(H,28,29);1H/t16-,17+;/m0./s1. The van der Waals surface area contributed by atoms with E-state index in [-0.39, 0.29) is 30.9 Å². The Bertz CT molecular complexity index is 1100. The predicted molar refractivity (Wildman–Crippen MR) is 124 cm³/mol. The van der Waals surface area contributed by atoms with E-state index < -0.39 is 11.9 Å². The normalized spacial score (nSPS) is 18.6. The highest BCUT2D eigenvalue weighted by atomic mass is 35.5. The van der Waals surface area contributed by atoms with E-state index in [0.29, 0.717) is 54.0 Å². The van der Waals surface area contributed by atoms with E-state index in [1.807, 2.05) is 37.3 Å². The lowest BCUT2D eigenvalue weighted by Crippen LogP contribution is -2.41. The van der Waals surface area contributed by atoms with Gasteiger partial charge < -0.3 is 24.9 Å². The van der Waals surface area contributed by atoms with Gasteiger partial charge in [0.15, 0.2) is 0 Å². The Labute approximate surface area is 192 Å². The van der Waals surface area contributed by atoms with Gasteiger partial charge in [0.25, 0.3) is 5.91 Å². The smallest absolute Gasteiger partial charge is 0.308 e. The summed E-state index contributed by atoms with van der Waals surface area (Å²) < 4.78 is 11.7. The number of nitrogens with zero attached hydrogens (tertiary/aromatic N) is 1. The van der Waals surface area contributed by atoms with Gasteiger partial charge in [0.05, 0.1) is 18.1 Å². The van der Waals surface area contributed by atoms with Crippen LogP contribution in [0.4, 0.5) is 0 Å². The van der Waals surface area contributed by atoms with E-state index in [4.69, 9.17) is 14.9 Å². The summed E-state index contributed by atoms with van der Waals surface area (Å²) in [6, 6.07) is 14.5. The number of amides is 1. The first kappa shape index (κ1) is 23.6. The lowest BCUT2D eigenvalue weighted by Gasteiger charge is -2.24. The van der Waals surface area contributed by atoms with Crippen LogP contribution in [0.3, 0.4) is 0 Å². The van der Waals surface area contributed by atoms with Gasteiger partial charge in [-0.15, -0.1) is 12.4 Å². The molecule has 3 N–H and O–H groups in total. The maximum atomic E-state index is 13.8. The molecule has 1 fully saturated rings. The molecule has 3 aromatic rings. The SMILES string of the molecule is CCOc1ccc2oc(-c3ccccc3)c(C(=O)N3C[C@H](N)CC[C@H](C(=O)O)C3)c2c1.Cl. The fraction of sp³-hybridized carbons (Fsp3) is 0.333. The minimum absolute atomic E-state index is 0. The van der Waals surface area contributed by atoms with E-state index in [2.05, 4.69) is 0 Å². The van der Waals surface area contributed by atoms with Crippen molar-refractivity contribution in [2.24, 2.45) is 11.7 Å². The zero-order valence-corrected chi connectivity index (χ0v) is 18.6. The fourth-order valence-corrected chi connectivity index (χ4v) is 4.09. The van der Waals surface area contributed by atoms with Gasteiger partial charge in [0.1, 0.15) is 17.1 Å². The first-order valence-electron chi connectivity index (χ1n) is 10.5. The van der Waals surface area contributed by atoms with Gasteiger partial charge in [0, 0.05) is 30.1 Å². The number of carboxylic acid groups (broad SMARTS) is 1. The van der Waals surface area contributed by atoms with Gasteiger partial charge in [0.2, 0.25) is 0 Å². The van der Waals surface area contributed by atoms with Crippen LogP contribution in [-0.4, -0.2) is 47.6 Å². The number of carbonyl (C=O) groups excluding carboxylic acids is 1. The fourth-order valence-electron chi connectivity index (χ4n) is 4.09. The number of carbonyl (C=O) groups is 2. The van der Waals surface area contributed by atoms with Crippen molar-refractivity contribution in [1.29, 1.82) is 0 Å². The molecule has 1 aliphatic rings. The van der Waals surface area contributed by atoms with Crippen LogP contribution in [0.2, 0.25) is 0 Å². The maximum absolute atomic E-state index is 13.8. The molecule has 2 heterocycles. The Kier molecular flexibility index (Phi) is 7.43. The second-order valence-corrected chi connectivity index (χ2v) is 7.85. The minimum Gasteiger partial charge on any atom is -0.494 e. The number of fused-ring (bicyclic) bond motifs is 1. The molecule has 170 valence electrons. The third-order valence-corrected chi connectivity index (χ3v) is 5.64. The lowest BCUT2D eigenvalue weighted by atomic mass is 10.0. The molecule has 0 spiro atoms. The van der Waals surface area contributed by atoms with Crippen LogP contribution in [-0.2, 0) is 4.79 Å².